The zero-order valence-electron chi connectivity index (χ0n) is 9.98. The van der Waals surface area contributed by atoms with Crippen LogP contribution in [0.25, 0.3) is 0 Å². The molecule has 6 heteroatoms. The van der Waals surface area contributed by atoms with E-state index in [0.717, 1.165) is 0 Å². The van der Waals surface area contributed by atoms with Crippen LogP contribution in [0.5, 0.6) is 0 Å². The van der Waals surface area contributed by atoms with E-state index in [9.17, 15) is 9.59 Å². The second-order valence-corrected chi connectivity index (χ2v) is 4.61. The number of aliphatic carboxylic acids is 1. The van der Waals surface area contributed by atoms with Gasteiger partial charge in [-0.15, -0.1) is 0 Å². The molecule has 0 aromatic heterocycles. The molecule has 0 radical (unpaired) electrons. The number of aromatic carboxylic acids is 1. The van der Waals surface area contributed by atoms with Gasteiger partial charge in [-0.25, -0.2) is 9.59 Å². The lowest BCUT2D eigenvalue weighted by atomic mass is 10.0. The van der Waals surface area contributed by atoms with Crippen molar-refractivity contribution < 1.29 is 19.8 Å². The van der Waals surface area contributed by atoms with Crippen LogP contribution in [-0.4, -0.2) is 28.2 Å². The first-order valence-electron chi connectivity index (χ1n) is 5.35. The Morgan fingerprint density at radius 1 is 1.28 bits per heavy atom. The van der Waals surface area contributed by atoms with Crippen LogP contribution < -0.4 is 5.32 Å². The molecular formula is C12H14ClNO4. The molecule has 18 heavy (non-hydrogen) atoms. The Hall–Kier alpha value is -1.75. The van der Waals surface area contributed by atoms with Crippen molar-refractivity contribution in [3.63, 3.8) is 0 Å². The highest BCUT2D eigenvalue weighted by Crippen LogP contribution is 2.25. The Balaban J connectivity index is 3.05. The lowest BCUT2D eigenvalue weighted by Crippen LogP contribution is -2.34. The number of benzene rings is 1. The number of rotatable bonds is 5. The summed E-state index contributed by atoms with van der Waals surface area (Å²) < 4.78 is 0. The maximum atomic E-state index is 11.1. The molecule has 0 aliphatic rings. The molecule has 0 saturated carbocycles. The summed E-state index contributed by atoms with van der Waals surface area (Å²) in [7, 11) is 0. The Morgan fingerprint density at radius 3 is 2.33 bits per heavy atom. The summed E-state index contributed by atoms with van der Waals surface area (Å²) in [5.74, 6) is -2.26. The third kappa shape index (κ3) is 3.37. The van der Waals surface area contributed by atoms with Gasteiger partial charge in [0.05, 0.1) is 16.3 Å². The third-order valence-corrected chi connectivity index (χ3v) is 2.79. The van der Waals surface area contributed by atoms with E-state index in [1.165, 1.54) is 18.2 Å². The average Bonchev–Trinajstić information content (AvgIpc) is 2.26. The minimum Gasteiger partial charge on any atom is -0.480 e. The fourth-order valence-electron chi connectivity index (χ4n) is 1.45. The minimum absolute atomic E-state index is 0.0507. The van der Waals surface area contributed by atoms with Crippen molar-refractivity contribution in [3.8, 4) is 0 Å². The Bertz CT molecular complexity index is 473. The van der Waals surface area contributed by atoms with Crippen LogP contribution in [0.2, 0.25) is 5.02 Å². The maximum absolute atomic E-state index is 11.1. The van der Waals surface area contributed by atoms with Gasteiger partial charge in [-0.05, 0) is 24.1 Å². The molecule has 0 heterocycles. The Labute approximate surface area is 109 Å². The summed E-state index contributed by atoms with van der Waals surface area (Å²) in [5.41, 5.74) is 0.354. The van der Waals surface area contributed by atoms with Gasteiger partial charge in [0.2, 0.25) is 0 Å². The molecule has 0 fully saturated rings. The second-order valence-electron chi connectivity index (χ2n) is 4.20. The van der Waals surface area contributed by atoms with Gasteiger partial charge in [0, 0.05) is 0 Å². The molecule has 3 N–H and O–H groups in total. The van der Waals surface area contributed by atoms with E-state index in [1.807, 2.05) is 0 Å². The van der Waals surface area contributed by atoms with Crippen LogP contribution in [0.15, 0.2) is 18.2 Å². The van der Waals surface area contributed by atoms with Crippen LogP contribution in [0.4, 0.5) is 5.69 Å². The quantitative estimate of drug-likeness (QED) is 0.766. The van der Waals surface area contributed by atoms with Crippen molar-refractivity contribution in [2.45, 2.75) is 19.9 Å². The lowest BCUT2D eigenvalue weighted by molar-refractivity contribution is -0.138. The molecule has 5 nitrogen and oxygen atoms in total. The summed E-state index contributed by atoms with van der Waals surface area (Å²) in [6.07, 6.45) is 0. The van der Waals surface area contributed by atoms with Gasteiger partial charge in [-0.3, -0.25) is 0 Å². The van der Waals surface area contributed by atoms with Gasteiger partial charge in [-0.2, -0.15) is 0 Å². The molecule has 1 aromatic rings. The number of halogens is 1. The predicted octanol–water partition coefficient (Wildman–Crippen LogP) is 2.56. The van der Waals surface area contributed by atoms with E-state index in [0.29, 0.717) is 5.69 Å². The van der Waals surface area contributed by atoms with Gasteiger partial charge < -0.3 is 15.5 Å². The van der Waals surface area contributed by atoms with Crippen molar-refractivity contribution in [3.05, 3.63) is 28.8 Å². The fraction of sp³-hybridized carbons (Fsp3) is 0.333. The van der Waals surface area contributed by atoms with Gasteiger partial charge in [0.1, 0.15) is 6.04 Å². The predicted molar refractivity (Wildman–Crippen MR) is 68.3 cm³/mol. The van der Waals surface area contributed by atoms with Crippen LogP contribution in [0.1, 0.15) is 24.2 Å². The van der Waals surface area contributed by atoms with Crippen LogP contribution in [0.3, 0.4) is 0 Å². The van der Waals surface area contributed by atoms with E-state index in [4.69, 9.17) is 21.8 Å². The molecule has 0 aliphatic heterocycles. The summed E-state index contributed by atoms with van der Waals surface area (Å²) in [5, 5.41) is 20.9. The van der Waals surface area contributed by atoms with Gasteiger partial charge in [-0.1, -0.05) is 25.4 Å². The summed E-state index contributed by atoms with van der Waals surface area (Å²) in [6, 6.07) is 3.28. The number of carboxylic acids is 2. The van der Waals surface area contributed by atoms with Crippen LogP contribution in [-0.2, 0) is 4.79 Å². The molecule has 1 rings (SSSR count). The smallest absolute Gasteiger partial charge is 0.335 e. The molecule has 0 amide bonds. The van der Waals surface area contributed by atoms with Crippen molar-refractivity contribution in [1.29, 1.82) is 0 Å². The summed E-state index contributed by atoms with van der Waals surface area (Å²) in [6.45, 7) is 3.50. The van der Waals surface area contributed by atoms with Crippen LogP contribution in [0, 0.1) is 5.92 Å². The lowest BCUT2D eigenvalue weighted by Gasteiger charge is -2.20. The first-order chi connectivity index (χ1) is 8.32. The first-order valence-corrected chi connectivity index (χ1v) is 5.73. The topological polar surface area (TPSA) is 86.6 Å². The Morgan fingerprint density at radius 2 is 1.89 bits per heavy atom. The largest absolute Gasteiger partial charge is 0.480 e. The molecule has 0 aliphatic carbocycles. The van der Waals surface area contributed by atoms with Crippen molar-refractivity contribution >= 4 is 29.2 Å². The molecular weight excluding hydrogens is 258 g/mol. The van der Waals surface area contributed by atoms with E-state index in [2.05, 4.69) is 5.32 Å². The zero-order valence-corrected chi connectivity index (χ0v) is 10.7. The average molecular weight is 272 g/mol. The minimum atomic E-state index is -1.09. The number of carboxylic acid groups (broad SMARTS) is 2. The van der Waals surface area contributed by atoms with Crippen molar-refractivity contribution in [2.75, 3.05) is 5.32 Å². The molecule has 98 valence electrons. The third-order valence-electron chi connectivity index (χ3n) is 2.46. The number of hydrogen-bond donors (Lipinski definition) is 3. The molecule has 0 spiro atoms. The number of carbonyl (C=O) groups is 2. The zero-order chi connectivity index (χ0) is 13.9. The number of anilines is 1. The number of hydrogen-bond acceptors (Lipinski definition) is 3. The molecule has 1 atom stereocenters. The fourth-order valence-corrected chi connectivity index (χ4v) is 1.62. The number of nitrogens with one attached hydrogen (secondary N) is 1. The monoisotopic (exact) mass is 271 g/mol. The molecule has 0 bridgehead atoms. The van der Waals surface area contributed by atoms with E-state index in [-0.39, 0.29) is 16.5 Å². The maximum Gasteiger partial charge on any atom is 0.335 e. The van der Waals surface area contributed by atoms with E-state index < -0.39 is 18.0 Å². The highest BCUT2D eigenvalue weighted by atomic mass is 35.5. The standard InChI is InChI=1S/C12H14ClNO4/c1-6(2)10(12(17)18)14-9-5-7(11(15)16)3-4-8(9)13/h3-6,10,14H,1-2H3,(H,15,16)(H,17,18). The van der Waals surface area contributed by atoms with Gasteiger partial charge in [0.15, 0.2) is 0 Å². The van der Waals surface area contributed by atoms with Crippen molar-refractivity contribution in [2.24, 2.45) is 5.92 Å². The Kier molecular flexibility index (Phi) is 4.55. The highest BCUT2D eigenvalue weighted by Gasteiger charge is 2.22. The highest BCUT2D eigenvalue weighted by molar-refractivity contribution is 6.33. The van der Waals surface area contributed by atoms with Gasteiger partial charge >= 0.3 is 11.9 Å². The van der Waals surface area contributed by atoms with Gasteiger partial charge in [0.25, 0.3) is 0 Å². The normalized spacial score (nSPS) is 12.2. The van der Waals surface area contributed by atoms with E-state index in [1.54, 1.807) is 13.8 Å². The van der Waals surface area contributed by atoms with E-state index >= 15 is 0 Å². The molecule has 0 saturated heterocycles. The molecule has 1 unspecified atom stereocenters. The second kappa shape index (κ2) is 5.73. The SMILES string of the molecule is CC(C)C(Nc1cc(C(=O)O)ccc1Cl)C(=O)O. The molecule has 1 aromatic carbocycles. The summed E-state index contributed by atoms with van der Waals surface area (Å²) >= 11 is 5.91. The van der Waals surface area contributed by atoms with Crippen LogP contribution >= 0.6 is 11.6 Å². The summed E-state index contributed by atoms with van der Waals surface area (Å²) in [4.78, 5) is 21.9. The first kappa shape index (κ1) is 14.3. The van der Waals surface area contributed by atoms with Crippen molar-refractivity contribution in [1.82, 2.24) is 0 Å².